The highest BCUT2D eigenvalue weighted by Crippen LogP contribution is 2.30. The van der Waals surface area contributed by atoms with Crippen molar-refractivity contribution < 1.29 is 22.7 Å². The van der Waals surface area contributed by atoms with Crippen LogP contribution in [0.4, 0.5) is 5.69 Å². The summed E-state index contributed by atoms with van der Waals surface area (Å²) in [6.45, 7) is 2.36. The Labute approximate surface area is 182 Å². The number of amides is 1. The molecule has 0 spiro atoms. The third-order valence-corrected chi connectivity index (χ3v) is 7.38. The number of ether oxygens (including phenoxy) is 2. The molecule has 1 aliphatic rings. The molecule has 1 fully saturated rings. The van der Waals surface area contributed by atoms with E-state index in [1.807, 2.05) is 0 Å². The number of piperidine rings is 1. The Morgan fingerprint density at radius 3 is 2.30 bits per heavy atom. The van der Waals surface area contributed by atoms with Crippen molar-refractivity contribution in [3.05, 3.63) is 47.0 Å². The summed E-state index contributed by atoms with van der Waals surface area (Å²) in [6.07, 6.45) is 0.867. The third kappa shape index (κ3) is 4.71. The van der Waals surface area contributed by atoms with Crippen molar-refractivity contribution in [2.75, 3.05) is 32.6 Å². The SMILES string of the molecule is COc1ccc(S(=O)(=O)N2CCC(C(=O)Nc3cc(Cl)ccc3OC)CC2)cc1C. The molecule has 1 heterocycles. The number of carbonyl (C=O) groups excluding carboxylic acids is 1. The quantitative estimate of drug-likeness (QED) is 0.722. The normalized spacial score (nSPS) is 15.6. The first-order valence-corrected chi connectivity index (χ1v) is 11.4. The maximum absolute atomic E-state index is 13.0. The molecule has 1 saturated heterocycles. The number of hydrogen-bond acceptors (Lipinski definition) is 5. The monoisotopic (exact) mass is 452 g/mol. The van der Waals surface area contributed by atoms with Crippen LogP contribution in [-0.4, -0.2) is 45.9 Å². The molecule has 2 aromatic rings. The van der Waals surface area contributed by atoms with Crippen LogP contribution in [0.1, 0.15) is 18.4 Å². The standard InChI is InChI=1S/C21H25ClN2O5S/c1-14-12-17(5-7-19(14)28-2)30(26,27)24-10-8-15(9-11-24)21(25)23-18-13-16(22)4-6-20(18)29-3/h4-7,12-13,15H,8-11H2,1-3H3,(H,23,25). The number of rotatable bonds is 6. The Morgan fingerprint density at radius 1 is 1.07 bits per heavy atom. The van der Waals surface area contributed by atoms with Gasteiger partial charge < -0.3 is 14.8 Å². The maximum atomic E-state index is 13.0. The molecule has 0 bridgehead atoms. The molecule has 0 unspecified atom stereocenters. The van der Waals surface area contributed by atoms with Crippen LogP contribution in [0.5, 0.6) is 11.5 Å². The first kappa shape index (κ1) is 22.4. The highest BCUT2D eigenvalue weighted by atomic mass is 35.5. The van der Waals surface area contributed by atoms with E-state index in [4.69, 9.17) is 21.1 Å². The average molecular weight is 453 g/mol. The maximum Gasteiger partial charge on any atom is 0.243 e. The zero-order valence-electron chi connectivity index (χ0n) is 17.1. The lowest BCUT2D eigenvalue weighted by Gasteiger charge is -2.30. The van der Waals surface area contributed by atoms with Crippen molar-refractivity contribution in [1.82, 2.24) is 4.31 Å². The van der Waals surface area contributed by atoms with Crippen molar-refractivity contribution in [2.24, 2.45) is 5.92 Å². The van der Waals surface area contributed by atoms with Crippen LogP contribution < -0.4 is 14.8 Å². The lowest BCUT2D eigenvalue weighted by molar-refractivity contribution is -0.120. The highest BCUT2D eigenvalue weighted by molar-refractivity contribution is 7.89. The zero-order valence-corrected chi connectivity index (χ0v) is 18.7. The fourth-order valence-corrected chi connectivity index (χ4v) is 5.26. The second-order valence-corrected chi connectivity index (χ2v) is 9.52. The molecule has 0 aliphatic carbocycles. The fourth-order valence-electron chi connectivity index (χ4n) is 3.53. The number of nitrogens with one attached hydrogen (secondary N) is 1. The minimum atomic E-state index is -3.63. The molecular formula is C21H25ClN2O5S. The molecule has 1 N–H and O–H groups in total. The van der Waals surface area contributed by atoms with Crippen LogP contribution in [0, 0.1) is 12.8 Å². The fraction of sp³-hybridized carbons (Fsp3) is 0.381. The first-order chi connectivity index (χ1) is 14.3. The zero-order chi connectivity index (χ0) is 21.9. The van der Waals surface area contributed by atoms with Gasteiger partial charge in [0.25, 0.3) is 0 Å². The van der Waals surface area contributed by atoms with E-state index in [9.17, 15) is 13.2 Å². The first-order valence-electron chi connectivity index (χ1n) is 9.55. The van der Waals surface area contributed by atoms with E-state index in [0.29, 0.717) is 35.1 Å². The van der Waals surface area contributed by atoms with E-state index in [-0.39, 0.29) is 29.8 Å². The predicted octanol–water partition coefficient (Wildman–Crippen LogP) is 3.71. The molecule has 0 aromatic heterocycles. The van der Waals surface area contributed by atoms with Crippen LogP contribution in [0.25, 0.3) is 0 Å². The minimum Gasteiger partial charge on any atom is -0.496 e. The Balaban J connectivity index is 1.66. The van der Waals surface area contributed by atoms with Gasteiger partial charge in [-0.3, -0.25) is 4.79 Å². The molecule has 9 heteroatoms. The summed E-state index contributed by atoms with van der Waals surface area (Å²) >= 11 is 6.01. The lowest BCUT2D eigenvalue weighted by atomic mass is 9.97. The van der Waals surface area contributed by atoms with E-state index in [1.54, 1.807) is 50.4 Å². The van der Waals surface area contributed by atoms with Crippen LogP contribution >= 0.6 is 11.6 Å². The summed E-state index contributed by atoms with van der Waals surface area (Å²) in [6, 6.07) is 9.80. The number of hydrogen-bond donors (Lipinski definition) is 1. The van der Waals surface area contributed by atoms with E-state index in [0.717, 1.165) is 5.56 Å². The number of anilines is 1. The largest absolute Gasteiger partial charge is 0.496 e. The minimum absolute atomic E-state index is 0.173. The van der Waals surface area contributed by atoms with Gasteiger partial charge in [-0.2, -0.15) is 4.31 Å². The summed E-state index contributed by atoms with van der Waals surface area (Å²) in [5.74, 6) is 0.689. The van der Waals surface area contributed by atoms with Gasteiger partial charge in [0, 0.05) is 24.0 Å². The number of sulfonamides is 1. The number of carbonyl (C=O) groups is 1. The second-order valence-electron chi connectivity index (χ2n) is 7.14. The van der Waals surface area contributed by atoms with E-state index >= 15 is 0 Å². The lowest BCUT2D eigenvalue weighted by Crippen LogP contribution is -2.41. The van der Waals surface area contributed by atoms with Crippen molar-refractivity contribution >= 4 is 33.2 Å². The van der Waals surface area contributed by atoms with Crippen molar-refractivity contribution in [3.8, 4) is 11.5 Å². The third-order valence-electron chi connectivity index (χ3n) is 5.25. The van der Waals surface area contributed by atoms with Gasteiger partial charge in [0.15, 0.2) is 0 Å². The van der Waals surface area contributed by atoms with Crippen LogP contribution in [-0.2, 0) is 14.8 Å². The van der Waals surface area contributed by atoms with Crippen LogP contribution in [0.3, 0.4) is 0 Å². The molecule has 162 valence electrons. The Kier molecular flexibility index (Phi) is 6.90. The van der Waals surface area contributed by atoms with Gasteiger partial charge in [-0.25, -0.2) is 8.42 Å². The highest BCUT2D eigenvalue weighted by Gasteiger charge is 2.32. The van der Waals surface area contributed by atoms with Gasteiger partial charge in [0.1, 0.15) is 11.5 Å². The van der Waals surface area contributed by atoms with Gasteiger partial charge in [-0.05, 0) is 61.7 Å². The number of benzene rings is 2. The number of aryl methyl sites for hydroxylation is 1. The molecule has 0 radical (unpaired) electrons. The summed E-state index contributed by atoms with van der Waals surface area (Å²) in [5.41, 5.74) is 1.25. The molecule has 0 atom stereocenters. The van der Waals surface area contributed by atoms with Crippen LogP contribution in [0.2, 0.25) is 5.02 Å². The summed E-state index contributed by atoms with van der Waals surface area (Å²) in [7, 11) is -0.561. The van der Waals surface area contributed by atoms with E-state index in [1.165, 1.54) is 11.4 Å². The smallest absolute Gasteiger partial charge is 0.243 e. The molecule has 7 nitrogen and oxygen atoms in total. The van der Waals surface area contributed by atoms with Crippen molar-refractivity contribution in [2.45, 2.75) is 24.7 Å². The van der Waals surface area contributed by atoms with Gasteiger partial charge in [0.05, 0.1) is 24.8 Å². The van der Waals surface area contributed by atoms with Gasteiger partial charge in [0.2, 0.25) is 15.9 Å². The van der Waals surface area contributed by atoms with Crippen molar-refractivity contribution in [1.29, 1.82) is 0 Å². The average Bonchev–Trinajstić information content (AvgIpc) is 2.74. The predicted molar refractivity (Wildman–Crippen MR) is 116 cm³/mol. The summed E-state index contributed by atoms with van der Waals surface area (Å²) < 4.78 is 37.8. The van der Waals surface area contributed by atoms with Crippen molar-refractivity contribution in [3.63, 3.8) is 0 Å². The number of halogens is 1. The van der Waals surface area contributed by atoms with Gasteiger partial charge in [-0.15, -0.1) is 0 Å². The summed E-state index contributed by atoms with van der Waals surface area (Å²) in [4.78, 5) is 12.9. The molecule has 0 saturated carbocycles. The number of methoxy groups -OCH3 is 2. The molecule has 30 heavy (non-hydrogen) atoms. The molecule has 1 amide bonds. The van der Waals surface area contributed by atoms with E-state index in [2.05, 4.69) is 5.32 Å². The van der Waals surface area contributed by atoms with Gasteiger partial charge in [-0.1, -0.05) is 11.6 Å². The summed E-state index contributed by atoms with van der Waals surface area (Å²) in [5, 5.41) is 3.33. The van der Waals surface area contributed by atoms with E-state index < -0.39 is 10.0 Å². The number of nitrogens with zero attached hydrogens (tertiary/aromatic N) is 1. The molecular weight excluding hydrogens is 428 g/mol. The Morgan fingerprint density at radius 2 is 1.70 bits per heavy atom. The Bertz CT molecular complexity index is 1030. The Hall–Kier alpha value is -2.29. The topological polar surface area (TPSA) is 84.9 Å². The molecule has 3 rings (SSSR count). The van der Waals surface area contributed by atoms with Gasteiger partial charge >= 0.3 is 0 Å². The van der Waals surface area contributed by atoms with Crippen LogP contribution in [0.15, 0.2) is 41.3 Å². The second kappa shape index (κ2) is 9.24. The molecule has 1 aliphatic heterocycles. The molecule has 2 aromatic carbocycles.